The van der Waals surface area contributed by atoms with Crippen molar-refractivity contribution in [3.63, 3.8) is 0 Å². The highest BCUT2D eigenvalue weighted by Gasteiger charge is 2.52. The molecule has 1 aliphatic carbocycles. The van der Waals surface area contributed by atoms with Crippen molar-refractivity contribution in [1.29, 1.82) is 0 Å². The molecule has 5 rings (SSSR count). The number of pyridine rings is 1. The number of hydrogen-bond acceptors (Lipinski definition) is 6. The SMILES string of the molecule is Cc1noc2nc(-c3ccc(F)cc3)cc(C(=O)NCCCN3C(=O)NC4(CCCC4)C3=O)c12. The van der Waals surface area contributed by atoms with E-state index in [1.54, 1.807) is 25.1 Å². The Morgan fingerprint density at radius 1 is 1.24 bits per heavy atom. The maximum absolute atomic E-state index is 13.3. The van der Waals surface area contributed by atoms with Crippen molar-refractivity contribution < 1.29 is 23.3 Å². The van der Waals surface area contributed by atoms with Crippen LogP contribution >= 0.6 is 0 Å². The minimum Gasteiger partial charge on any atom is -0.352 e. The lowest BCUT2D eigenvalue weighted by molar-refractivity contribution is -0.131. The van der Waals surface area contributed by atoms with Crippen molar-refractivity contribution in [2.75, 3.05) is 13.1 Å². The van der Waals surface area contributed by atoms with Crippen LogP contribution in [0.3, 0.4) is 0 Å². The zero-order chi connectivity index (χ0) is 23.9. The predicted molar refractivity (Wildman–Crippen MR) is 120 cm³/mol. The second kappa shape index (κ2) is 8.51. The molecule has 4 amide bonds. The van der Waals surface area contributed by atoms with E-state index in [2.05, 4.69) is 20.8 Å². The highest BCUT2D eigenvalue weighted by atomic mass is 19.1. The first-order chi connectivity index (χ1) is 16.4. The number of rotatable bonds is 6. The number of fused-ring (bicyclic) bond motifs is 1. The molecule has 1 aromatic carbocycles. The van der Waals surface area contributed by atoms with E-state index in [4.69, 9.17) is 4.52 Å². The summed E-state index contributed by atoms with van der Waals surface area (Å²) < 4.78 is 18.6. The molecule has 3 aromatic rings. The molecule has 176 valence electrons. The van der Waals surface area contributed by atoms with Gasteiger partial charge >= 0.3 is 6.03 Å². The van der Waals surface area contributed by atoms with Gasteiger partial charge in [0.05, 0.1) is 22.3 Å². The Morgan fingerprint density at radius 3 is 2.71 bits per heavy atom. The maximum atomic E-state index is 13.3. The third kappa shape index (κ3) is 3.78. The summed E-state index contributed by atoms with van der Waals surface area (Å²) in [7, 11) is 0. The first-order valence-corrected chi connectivity index (χ1v) is 11.3. The lowest BCUT2D eigenvalue weighted by Gasteiger charge is -2.20. The van der Waals surface area contributed by atoms with Crippen LogP contribution < -0.4 is 10.6 Å². The largest absolute Gasteiger partial charge is 0.352 e. The van der Waals surface area contributed by atoms with E-state index in [-0.39, 0.29) is 42.5 Å². The number of amides is 4. The Kier molecular flexibility index (Phi) is 5.51. The maximum Gasteiger partial charge on any atom is 0.325 e. The molecule has 0 unspecified atom stereocenters. The molecule has 2 N–H and O–H groups in total. The Morgan fingerprint density at radius 2 is 1.97 bits per heavy atom. The lowest BCUT2D eigenvalue weighted by Crippen LogP contribution is -2.44. The van der Waals surface area contributed by atoms with Gasteiger partial charge in [0.25, 0.3) is 17.5 Å². The number of carbonyl (C=O) groups excluding carboxylic acids is 3. The number of nitrogens with zero attached hydrogens (tertiary/aromatic N) is 3. The fraction of sp³-hybridized carbons (Fsp3) is 0.375. The van der Waals surface area contributed by atoms with E-state index in [0.29, 0.717) is 47.2 Å². The van der Waals surface area contributed by atoms with Gasteiger partial charge in [0, 0.05) is 18.7 Å². The molecule has 9 nitrogen and oxygen atoms in total. The molecule has 2 aliphatic rings. The van der Waals surface area contributed by atoms with Crippen LogP contribution in [0.25, 0.3) is 22.4 Å². The Bertz CT molecular complexity index is 1280. The standard InChI is InChI=1S/C24H24FN5O4/c1-14-19-17(13-18(27-21(19)34-29-14)15-5-7-16(25)8-6-15)20(31)26-11-4-12-30-22(32)24(28-23(30)33)9-2-3-10-24/h5-8,13H,2-4,9-12H2,1H3,(H,26,31)(H,28,33). The van der Waals surface area contributed by atoms with Crippen LogP contribution in [0.15, 0.2) is 34.9 Å². The molecule has 2 aromatic heterocycles. The molecule has 2 fully saturated rings. The fourth-order valence-electron chi connectivity index (χ4n) is 4.77. The number of aryl methyl sites for hydroxylation is 1. The van der Waals surface area contributed by atoms with Crippen LogP contribution in [-0.2, 0) is 4.79 Å². The molecule has 10 heteroatoms. The number of imide groups is 1. The average Bonchev–Trinajstić information content (AvgIpc) is 3.51. The zero-order valence-electron chi connectivity index (χ0n) is 18.7. The summed E-state index contributed by atoms with van der Waals surface area (Å²) in [6, 6.07) is 7.04. The number of hydrogen-bond donors (Lipinski definition) is 2. The van der Waals surface area contributed by atoms with E-state index in [1.165, 1.54) is 17.0 Å². The van der Waals surface area contributed by atoms with Crippen LogP contribution in [0.2, 0.25) is 0 Å². The summed E-state index contributed by atoms with van der Waals surface area (Å²) in [4.78, 5) is 43.8. The molecule has 1 aliphatic heterocycles. The second-order valence-corrected chi connectivity index (χ2v) is 8.80. The molecule has 3 heterocycles. The number of aromatic nitrogens is 2. The normalized spacial score (nSPS) is 17.1. The van der Waals surface area contributed by atoms with Crippen LogP contribution in [0.1, 0.15) is 48.2 Å². The van der Waals surface area contributed by atoms with Crippen LogP contribution in [-0.4, -0.2) is 51.5 Å². The van der Waals surface area contributed by atoms with Gasteiger partial charge in [0.15, 0.2) is 0 Å². The molecule has 1 spiro atoms. The van der Waals surface area contributed by atoms with Crippen molar-refractivity contribution in [2.45, 2.75) is 44.6 Å². The minimum atomic E-state index is -0.731. The van der Waals surface area contributed by atoms with E-state index in [0.717, 1.165) is 12.8 Å². The van der Waals surface area contributed by atoms with Crippen molar-refractivity contribution in [1.82, 2.24) is 25.7 Å². The van der Waals surface area contributed by atoms with E-state index in [1.807, 2.05) is 0 Å². The predicted octanol–water partition coefficient (Wildman–Crippen LogP) is 3.32. The summed E-state index contributed by atoms with van der Waals surface area (Å²) in [6.07, 6.45) is 3.63. The van der Waals surface area contributed by atoms with Gasteiger partial charge in [-0.15, -0.1) is 0 Å². The van der Waals surface area contributed by atoms with Gasteiger partial charge in [0.2, 0.25) is 0 Å². The summed E-state index contributed by atoms with van der Waals surface area (Å²) in [5.74, 6) is -0.893. The molecular formula is C24H24FN5O4. The molecular weight excluding hydrogens is 441 g/mol. The molecule has 1 saturated heterocycles. The quantitative estimate of drug-likeness (QED) is 0.426. The number of halogens is 1. The van der Waals surface area contributed by atoms with Gasteiger partial charge in [-0.25, -0.2) is 14.2 Å². The highest BCUT2D eigenvalue weighted by Crippen LogP contribution is 2.35. The summed E-state index contributed by atoms with van der Waals surface area (Å²) >= 11 is 0. The third-order valence-corrected chi connectivity index (χ3v) is 6.55. The minimum absolute atomic E-state index is 0.166. The number of urea groups is 1. The second-order valence-electron chi connectivity index (χ2n) is 8.80. The first-order valence-electron chi connectivity index (χ1n) is 11.3. The molecule has 0 radical (unpaired) electrons. The van der Waals surface area contributed by atoms with E-state index < -0.39 is 5.54 Å². The number of nitrogens with one attached hydrogen (secondary N) is 2. The average molecular weight is 465 g/mol. The topological polar surface area (TPSA) is 117 Å². The number of carbonyl (C=O) groups is 3. The van der Waals surface area contributed by atoms with Gasteiger partial charge in [-0.3, -0.25) is 14.5 Å². The van der Waals surface area contributed by atoms with Gasteiger partial charge in [-0.05, 0) is 56.5 Å². The summed E-state index contributed by atoms with van der Waals surface area (Å²) in [5, 5.41) is 10.1. The number of benzene rings is 1. The summed E-state index contributed by atoms with van der Waals surface area (Å²) in [6.45, 7) is 2.22. The Labute approximate surface area is 194 Å². The summed E-state index contributed by atoms with van der Waals surface area (Å²) in [5.41, 5.74) is 1.43. The Hall–Kier alpha value is -3.82. The van der Waals surface area contributed by atoms with E-state index >= 15 is 0 Å². The highest BCUT2D eigenvalue weighted by molar-refractivity contribution is 6.08. The van der Waals surface area contributed by atoms with Crippen molar-refractivity contribution in [3.05, 3.63) is 47.4 Å². The molecule has 0 atom stereocenters. The van der Waals surface area contributed by atoms with Crippen molar-refractivity contribution >= 4 is 28.9 Å². The molecule has 1 saturated carbocycles. The van der Waals surface area contributed by atoms with Crippen molar-refractivity contribution in [3.8, 4) is 11.3 Å². The monoisotopic (exact) mass is 465 g/mol. The first kappa shape index (κ1) is 22.0. The van der Waals surface area contributed by atoms with Crippen molar-refractivity contribution in [2.24, 2.45) is 0 Å². The lowest BCUT2D eigenvalue weighted by atomic mass is 9.98. The van der Waals surface area contributed by atoms with Gasteiger partial charge in [0.1, 0.15) is 11.4 Å². The zero-order valence-corrected chi connectivity index (χ0v) is 18.7. The van der Waals surface area contributed by atoms with Crippen LogP contribution in [0.5, 0.6) is 0 Å². The fourth-order valence-corrected chi connectivity index (χ4v) is 4.77. The Balaban J connectivity index is 1.28. The van der Waals surface area contributed by atoms with Gasteiger partial charge < -0.3 is 15.2 Å². The van der Waals surface area contributed by atoms with E-state index in [9.17, 15) is 18.8 Å². The van der Waals surface area contributed by atoms with Crippen LogP contribution in [0.4, 0.5) is 9.18 Å². The van der Waals surface area contributed by atoms with Crippen LogP contribution in [0, 0.1) is 12.7 Å². The van der Waals surface area contributed by atoms with Gasteiger partial charge in [-0.1, -0.05) is 18.0 Å². The third-order valence-electron chi connectivity index (χ3n) is 6.55. The molecule has 0 bridgehead atoms. The smallest absolute Gasteiger partial charge is 0.325 e. The molecule has 34 heavy (non-hydrogen) atoms. The van der Waals surface area contributed by atoms with Gasteiger partial charge in [-0.2, -0.15) is 0 Å².